The topological polar surface area (TPSA) is 29.9 Å². The summed E-state index contributed by atoms with van der Waals surface area (Å²) in [6, 6.07) is 0.485. The van der Waals surface area contributed by atoms with Gasteiger partial charge in [0.1, 0.15) is 0 Å². The van der Waals surface area contributed by atoms with Gasteiger partial charge in [-0.05, 0) is 38.6 Å². The second-order valence-electron chi connectivity index (χ2n) is 5.86. The molecule has 0 saturated heterocycles. The SMILES string of the molecule is CCCNC(Cc1c(Cl)c(CC)nn1CC)CC(C)C. The normalized spacial score (nSPS) is 13.2. The summed E-state index contributed by atoms with van der Waals surface area (Å²) in [5.74, 6) is 0.687. The fourth-order valence-corrected chi connectivity index (χ4v) is 2.95. The molecule has 0 fully saturated rings. The second kappa shape index (κ2) is 8.68. The molecular formula is C16H30ClN3. The van der Waals surface area contributed by atoms with Gasteiger partial charge in [-0.25, -0.2) is 0 Å². The van der Waals surface area contributed by atoms with Crippen molar-refractivity contribution in [3.05, 3.63) is 16.4 Å². The summed E-state index contributed by atoms with van der Waals surface area (Å²) in [6.07, 6.45) is 4.20. The molecule has 0 spiro atoms. The molecule has 1 unspecified atom stereocenters. The van der Waals surface area contributed by atoms with E-state index in [2.05, 4.69) is 49.7 Å². The molecule has 20 heavy (non-hydrogen) atoms. The highest BCUT2D eigenvalue weighted by Gasteiger charge is 2.19. The maximum atomic E-state index is 6.51. The van der Waals surface area contributed by atoms with Gasteiger partial charge >= 0.3 is 0 Å². The van der Waals surface area contributed by atoms with Gasteiger partial charge in [0.05, 0.1) is 16.4 Å². The number of aryl methyl sites for hydroxylation is 2. The molecule has 3 nitrogen and oxygen atoms in total. The Balaban J connectivity index is 2.88. The number of halogens is 1. The van der Waals surface area contributed by atoms with Gasteiger partial charge in [-0.2, -0.15) is 5.10 Å². The lowest BCUT2D eigenvalue weighted by Crippen LogP contribution is -2.33. The number of rotatable bonds is 9. The van der Waals surface area contributed by atoms with Crippen LogP contribution in [0.3, 0.4) is 0 Å². The van der Waals surface area contributed by atoms with E-state index >= 15 is 0 Å². The number of hydrogen-bond acceptors (Lipinski definition) is 2. The van der Waals surface area contributed by atoms with E-state index in [1.165, 1.54) is 12.1 Å². The summed E-state index contributed by atoms with van der Waals surface area (Å²) >= 11 is 6.51. The summed E-state index contributed by atoms with van der Waals surface area (Å²) in [6.45, 7) is 12.9. The number of aromatic nitrogens is 2. The minimum Gasteiger partial charge on any atom is -0.314 e. The van der Waals surface area contributed by atoms with Gasteiger partial charge in [0, 0.05) is 19.0 Å². The fourth-order valence-electron chi connectivity index (χ4n) is 2.60. The van der Waals surface area contributed by atoms with Crippen LogP contribution in [-0.4, -0.2) is 22.4 Å². The van der Waals surface area contributed by atoms with E-state index in [1.54, 1.807) is 0 Å². The number of hydrogen-bond donors (Lipinski definition) is 1. The Hall–Kier alpha value is -0.540. The van der Waals surface area contributed by atoms with Crippen molar-refractivity contribution in [3.63, 3.8) is 0 Å². The molecule has 1 aromatic heterocycles. The average molecular weight is 300 g/mol. The number of nitrogens with one attached hydrogen (secondary N) is 1. The summed E-state index contributed by atoms with van der Waals surface area (Å²) in [5.41, 5.74) is 2.22. The van der Waals surface area contributed by atoms with Crippen LogP contribution in [0.25, 0.3) is 0 Å². The van der Waals surface area contributed by atoms with E-state index in [1.807, 2.05) is 0 Å². The molecule has 0 saturated carbocycles. The highest BCUT2D eigenvalue weighted by atomic mass is 35.5. The standard InChI is InChI=1S/C16H30ClN3/c1-6-9-18-13(10-12(4)5)11-15-16(17)14(7-2)19-20(15)8-3/h12-13,18H,6-11H2,1-5H3. The quantitative estimate of drug-likeness (QED) is 0.745. The van der Waals surface area contributed by atoms with Gasteiger partial charge in [0.2, 0.25) is 0 Å². The molecule has 1 aromatic rings. The Morgan fingerprint density at radius 1 is 1.25 bits per heavy atom. The lowest BCUT2D eigenvalue weighted by Gasteiger charge is -2.21. The third kappa shape index (κ3) is 4.78. The van der Waals surface area contributed by atoms with Gasteiger partial charge in [-0.3, -0.25) is 4.68 Å². The molecule has 116 valence electrons. The van der Waals surface area contributed by atoms with E-state index in [4.69, 9.17) is 11.6 Å². The van der Waals surface area contributed by atoms with Crippen molar-refractivity contribution < 1.29 is 0 Å². The van der Waals surface area contributed by atoms with Crippen LogP contribution in [0.5, 0.6) is 0 Å². The van der Waals surface area contributed by atoms with Crippen LogP contribution in [-0.2, 0) is 19.4 Å². The van der Waals surface area contributed by atoms with Crippen molar-refractivity contribution in [2.24, 2.45) is 5.92 Å². The molecule has 1 heterocycles. The Labute approximate surface area is 129 Å². The molecule has 0 bridgehead atoms. The van der Waals surface area contributed by atoms with Crippen molar-refractivity contribution in [1.82, 2.24) is 15.1 Å². The molecule has 0 amide bonds. The maximum absolute atomic E-state index is 6.51. The van der Waals surface area contributed by atoms with Crippen molar-refractivity contribution >= 4 is 11.6 Å². The first kappa shape index (κ1) is 17.5. The Morgan fingerprint density at radius 3 is 2.45 bits per heavy atom. The summed E-state index contributed by atoms with van der Waals surface area (Å²) in [4.78, 5) is 0. The Morgan fingerprint density at radius 2 is 1.95 bits per heavy atom. The molecule has 1 atom stereocenters. The zero-order valence-corrected chi connectivity index (χ0v) is 14.4. The third-order valence-corrected chi connectivity index (χ3v) is 4.01. The van der Waals surface area contributed by atoms with Crippen LogP contribution < -0.4 is 5.32 Å². The van der Waals surface area contributed by atoms with Gasteiger partial charge in [-0.1, -0.05) is 39.3 Å². The first-order valence-corrected chi connectivity index (χ1v) is 8.38. The van der Waals surface area contributed by atoms with Gasteiger partial charge in [0.15, 0.2) is 0 Å². The van der Waals surface area contributed by atoms with Crippen LogP contribution in [0, 0.1) is 5.92 Å². The molecule has 0 radical (unpaired) electrons. The van der Waals surface area contributed by atoms with Crippen LogP contribution >= 0.6 is 11.6 Å². The highest BCUT2D eigenvalue weighted by molar-refractivity contribution is 6.31. The monoisotopic (exact) mass is 299 g/mol. The van der Waals surface area contributed by atoms with Crippen LogP contribution in [0.15, 0.2) is 0 Å². The predicted octanol–water partition coefficient (Wildman–Crippen LogP) is 4.08. The lowest BCUT2D eigenvalue weighted by atomic mass is 9.99. The largest absolute Gasteiger partial charge is 0.314 e. The zero-order valence-electron chi connectivity index (χ0n) is 13.7. The fraction of sp³-hybridized carbons (Fsp3) is 0.812. The van der Waals surface area contributed by atoms with Gasteiger partial charge in [-0.15, -0.1) is 0 Å². The molecule has 1 rings (SSSR count). The van der Waals surface area contributed by atoms with Gasteiger partial charge < -0.3 is 5.32 Å². The number of nitrogens with zero attached hydrogens (tertiary/aromatic N) is 2. The van der Waals surface area contributed by atoms with E-state index in [-0.39, 0.29) is 0 Å². The van der Waals surface area contributed by atoms with E-state index in [0.29, 0.717) is 12.0 Å². The second-order valence-corrected chi connectivity index (χ2v) is 6.24. The predicted molar refractivity (Wildman–Crippen MR) is 87.5 cm³/mol. The Bertz CT molecular complexity index is 399. The highest BCUT2D eigenvalue weighted by Crippen LogP contribution is 2.24. The smallest absolute Gasteiger partial charge is 0.0850 e. The first-order chi connectivity index (χ1) is 9.53. The minimum absolute atomic E-state index is 0.485. The lowest BCUT2D eigenvalue weighted by molar-refractivity contribution is 0.407. The van der Waals surface area contributed by atoms with Crippen molar-refractivity contribution in [2.45, 2.75) is 72.9 Å². The van der Waals surface area contributed by atoms with Crippen molar-refractivity contribution in [1.29, 1.82) is 0 Å². The van der Waals surface area contributed by atoms with Crippen LogP contribution in [0.1, 0.15) is 58.8 Å². The summed E-state index contributed by atoms with van der Waals surface area (Å²) in [7, 11) is 0. The third-order valence-electron chi connectivity index (χ3n) is 3.57. The van der Waals surface area contributed by atoms with E-state index in [0.717, 1.165) is 43.1 Å². The molecule has 0 aliphatic carbocycles. The Kier molecular flexibility index (Phi) is 7.60. The van der Waals surface area contributed by atoms with Crippen LogP contribution in [0.4, 0.5) is 0 Å². The molecule has 0 aliphatic heterocycles. The van der Waals surface area contributed by atoms with E-state index < -0.39 is 0 Å². The molecule has 0 aliphatic rings. The van der Waals surface area contributed by atoms with E-state index in [9.17, 15) is 0 Å². The van der Waals surface area contributed by atoms with Crippen molar-refractivity contribution in [3.8, 4) is 0 Å². The minimum atomic E-state index is 0.485. The summed E-state index contributed by atoms with van der Waals surface area (Å²) in [5, 5.41) is 9.15. The van der Waals surface area contributed by atoms with Gasteiger partial charge in [0.25, 0.3) is 0 Å². The molecular weight excluding hydrogens is 270 g/mol. The van der Waals surface area contributed by atoms with Crippen molar-refractivity contribution in [2.75, 3.05) is 6.54 Å². The summed E-state index contributed by atoms with van der Waals surface area (Å²) < 4.78 is 2.07. The first-order valence-electron chi connectivity index (χ1n) is 8.00. The molecule has 0 aromatic carbocycles. The maximum Gasteiger partial charge on any atom is 0.0850 e. The average Bonchev–Trinajstić information content (AvgIpc) is 2.72. The van der Waals surface area contributed by atoms with Crippen LogP contribution in [0.2, 0.25) is 5.02 Å². The molecule has 1 N–H and O–H groups in total. The molecule has 4 heteroatoms. The zero-order chi connectivity index (χ0) is 15.1.